The predicted molar refractivity (Wildman–Crippen MR) is 88.0 cm³/mol. The number of aliphatic hydroxyl groups excluding tert-OH is 3. The van der Waals surface area contributed by atoms with Crippen molar-refractivity contribution in [2.45, 2.75) is 24.5 Å². The molecule has 3 rings (SSSR count). The Morgan fingerprint density at radius 3 is 2.58 bits per heavy atom. The molecule has 2 heterocycles. The first-order chi connectivity index (χ1) is 12.3. The summed E-state index contributed by atoms with van der Waals surface area (Å²) in [6.07, 6.45) is -5.56. The van der Waals surface area contributed by atoms with Crippen LogP contribution in [-0.4, -0.2) is 61.8 Å². The van der Waals surface area contributed by atoms with Crippen molar-refractivity contribution < 1.29 is 25.0 Å². The van der Waals surface area contributed by atoms with Gasteiger partial charge in [-0.05, 0) is 6.07 Å². The molecule has 2 aromatic rings. The summed E-state index contributed by atoms with van der Waals surface area (Å²) in [4.78, 5) is 36.9. The topological polar surface area (TPSA) is 180 Å². The molecule has 4 atom stereocenters. The summed E-state index contributed by atoms with van der Waals surface area (Å²) in [5, 5.41) is 42.9. The van der Waals surface area contributed by atoms with Gasteiger partial charge in [-0.15, -0.1) is 0 Å². The fourth-order valence-corrected chi connectivity index (χ4v) is 2.99. The molecule has 1 aliphatic rings. The zero-order chi connectivity index (χ0) is 19.2. The van der Waals surface area contributed by atoms with E-state index in [1.165, 1.54) is 13.1 Å². The summed E-state index contributed by atoms with van der Waals surface area (Å²) >= 11 is 0. The van der Waals surface area contributed by atoms with Gasteiger partial charge in [-0.2, -0.15) is 0 Å². The minimum atomic E-state index is -1.56. The van der Waals surface area contributed by atoms with Crippen molar-refractivity contribution in [3.8, 4) is 0 Å². The molecule has 0 aliphatic carbocycles. The molecule has 1 saturated heterocycles. The maximum absolute atomic E-state index is 12.3. The van der Waals surface area contributed by atoms with Crippen LogP contribution in [-0.2, 0) is 4.74 Å². The van der Waals surface area contributed by atoms with E-state index in [1.807, 2.05) is 4.98 Å². The molecule has 0 spiro atoms. The number of aromatic nitrogens is 2. The number of ether oxygens (including phenoxy) is 1. The van der Waals surface area contributed by atoms with Gasteiger partial charge in [0.2, 0.25) is 0 Å². The first kappa shape index (κ1) is 18.0. The standard InChI is InChI=1S/C14H16N4O8/c1-15-6-3-7-5(2-8(6)18(24)25)12(22)16-14(23)17(7)13-11(21)10(20)9(4-19)26-13/h2-3,9-11,13,15,19-21H,4H2,1H3,(H,16,22,23)/t9-,10-,11-,13-/m1/s1. The summed E-state index contributed by atoms with van der Waals surface area (Å²) in [6.45, 7) is -0.599. The number of fused-ring (bicyclic) bond motifs is 1. The average molecular weight is 368 g/mol. The molecule has 1 aromatic carbocycles. The minimum Gasteiger partial charge on any atom is -0.394 e. The van der Waals surface area contributed by atoms with Gasteiger partial charge in [-0.1, -0.05) is 0 Å². The number of nitrogens with one attached hydrogen (secondary N) is 2. The number of benzene rings is 1. The third-order valence-corrected chi connectivity index (χ3v) is 4.30. The summed E-state index contributed by atoms with van der Waals surface area (Å²) in [6, 6.07) is 2.20. The zero-order valence-electron chi connectivity index (χ0n) is 13.4. The molecule has 5 N–H and O–H groups in total. The van der Waals surface area contributed by atoms with Gasteiger partial charge in [0.1, 0.15) is 24.0 Å². The molecule has 0 radical (unpaired) electrons. The van der Waals surface area contributed by atoms with Crippen LogP contribution in [0.25, 0.3) is 10.9 Å². The van der Waals surface area contributed by atoms with E-state index in [1.54, 1.807) is 0 Å². The highest BCUT2D eigenvalue weighted by atomic mass is 16.6. The van der Waals surface area contributed by atoms with Crippen LogP contribution in [0.5, 0.6) is 0 Å². The molecule has 0 amide bonds. The highest BCUT2D eigenvalue weighted by Gasteiger charge is 2.44. The molecule has 1 aliphatic heterocycles. The van der Waals surface area contributed by atoms with Gasteiger partial charge >= 0.3 is 5.69 Å². The lowest BCUT2D eigenvalue weighted by molar-refractivity contribution is -0.383. The van der Waals surface area contributed by atoms with Gasteiger partial charge in [0, 0.05) is 13.1 Å². The second kappa shape index (κ2) is 6.49. The predicted octanol–water partition coefficient (Wildman–Crippen LogP) is -1.75. The molecule has 0 unspecified atom stereocenters. The van der Waals surface area contributed by atoms with Gasteiger partial charge < -0.3 is 25.4 Å². The summed E-state index contributed by atoms with van der Waals surface area (Å²) in [7, 11) is 1.43. The van der Waals surface area contributed by atoms with Crippen molar-refractivity contribution in [1.29, 1.82) is 0 Å². The van der Waals surface area contributed by atoms with Crippen LogP contribution in [0, 0.1) is 10.1 Å². The molecule has 12 heteroatoms. The third-order valence-electron chi connectivity index (χ3n) is 4.30. The van der Waals surface area contributed by atoms with Gasteiger partial charge in [-0.25, -0.2) is 4.79 Å². The maximum Gasteiger partial charge on any atom is 0.331 e. The smallest absolute Gasteiger partial charge is 0.331 e. The van der Waals surface area contributed by atoms with E-state index in [4.69, 9.17) is 4.74 Å². The van der Waals surface area contributed by atoms with Crippen LogP contribution in [0.4, 0.5) is 11.4 Å². The highest BCUT2D eigenvalue weighted by Crippen LogP contribution is 2.33. The number of nitrogens with zero attached hydrogens (tertiary/aromatic N) is 2. The summed E-state index contributed by atoms with van der Waals surface area (Å²) in [5.41, 5.74) is -2.17. The Hall–Kier alpha value is -2.80. The number of aromatic amines is 1. The normalized spacial score (nSPS) is 25.5. The molecule has 1 aromatic heterocycles. The van der Waals surface area contributed by atoms with E-state index >= 15 is 0 Å². The number of H-pyrrole nitrogens is 1. The Morgan fingerprint density at radius 1 is 1.35 bits per heavy atom. The third kappa shape index (κ3) is 2.64. The molecule has 0 bridgehead atoms. The van der Waals surface area contributed by atoms with Gasteiger partial charge in [-0.3, -0.25) is 24.5 Å². The lowest BCUT2D eigenvalue weighted by Crippen LogP contribution is -2.38. The number of hydrogen-bond donors (Lipinski definition) is 5. The largest absolute Gasteiger partial charge is 0.394 e. The minimum absolute atomic E-state index is 0.0352. The second-order valence-electron chi connectivity index (χ2n) is 5.75. The molecule has 0 saturated carbocycles. The molecule has 26 heavy (non-hydrogen) atoms. The monoisotopic (exact) mass is 368 g/mol. The van der Waals surface area contributed by atoms with Crippen LogP contribution in [0.15, 0.2) is 21.7 Å². The van der Waals surface area contributed by atoms with Crippen LogP contribution in [0.1, 0.15) is 6.23 Å². The van der Waals surface area contributed by atoms with E-state index in [-0.39, 0.29) is 22.3 Å². The Kier molecular flexibility index (Phi) is 4.50. The van der Waals surface area contributed by atoms with Crippen molar-refractivity contribution in [2.75, 3.05) is 19.0 Å². The first-order valence-electron chi connectivity index (χ1n) is 7.57. The Balaban J connectivity index is 2.31. The first-order valence-corrected chi connectivity index (χ1v) is 7.57. The van der Waals surface area contributed by atoms with Crippen molar-refractivity contribution in [2.24, 2.45) is 0 Å². The van der Waals surface area contributed by atoms with Crippen molar-refractivity contribution >= 4 is 22.3 Å². The van der Waals surface area contributed by atoms with Crippen molar-refractivity contribution in [1.82, 2.24) is 9.55 Å². The molecule has 140 valence electrons. The van der Waals surface area contributed by atoms with Crippen LogP contribution in [0.2, 0.25) is 0 Å². The molecule has 12 nitrogen and oxygen atoms in total. The molecular weight excluding hydrogens is 352 g/mol. The number of nitro benzene ring substituents is 1. The number of aliphatic hydroxyl groups is 3. The fourth-order valence-electron chi connectivity index (χ4n) is 2.99. The highest BCUT2D eigenvalue weighted by molar-refractivity contribution is 5.87. The second-order valence-corrected chi connectivity index (χ2v) is 5.75. The number of anilines is 1. The quantitative estimate of drug-likeness (QED) is 0.309. The summed E-state index contributed by atoms with van der Waals surface area (Å²) < 4.78 is 6.22. The fraction of sp³-hybridized carbons (Fsp3) is 0.429. The zero-order valence-corrected chi connectivity index (χ0v) is 13.4. The van der Waals surface area contributed by atoms with Crippen LogP contribution >= 0.6 is 0 Å². The van der Waals surface area contributed by atoms with E-state index in [9.17, 15) is 35.0 Å². The molecule has 1 fully saturated rings. The average Bonchev–Trinajstić information content (AvgIpc) is 2.88. The van der Waals surface area contributed by atoms with Crippen LogP contribution in [0.3, 0.4) is 0 Å². The van der Waals surface area contributed by atoms with Crippen molar-refractivity contribution in [3.63, 3.8) is 0 Å². The number of rotatable bonds is 4. The number of hydrogen-bond acceptors (Lipinski definition) is 9. The Bertz CT molecular complexity index is 983. The van der Waals surface area contributed by atoms with Gasteiger partial charge in [0.25, 0.3) is 11.2 Å². The Labute approximate surface area is 144 Å². The van der Waals surface area contributed by atoms with Crippen LogP contribution < -0.4 is 16.6 Å². The lowest BCUT2D eigenvalue weighted by Gasteiger charge is -2.19. The lowest BCUT2D eigenvalue weighted by atomic mass is 10.1. The number of nitro groups is 1. The van der Waals surface area contributed by atoms with Gasteiger partial charge in [0.05, 0.1) is 22.4 Å². The SMILES string of the molecule is CNc1cc2c(cc1[N+](=O)[O-])c(=O)[nH]c(=O)n2[C@@H]1O[C@H](CO)[C@@H](O)[C@H]1O. The Morgan fingerprint density at radius 2 is 2.04 bits per heavy atom. The summed E-state index contributed by atoms with van der Waals surface area (Å²) in [5.74, 6) is 0. The van der Waals surface area contributed by atoms with E-state index in [0.717, 1.165) is 10.6 Å². The van der Waals surface area contributed by atoms with E-state index in [0.29, 0.717) is 0 Å². The molecular formula is C14H16N4O8. The van der Waals surface area contributed by atoms with Gasteiger partial charge in [0.15, 0.2) is 6.23 Å². The van der Waals surface area contributed by atoms with E-state index in [2.05, 4.69) is 5.32 Å². The maximum atomic E-state index is 12.3. The van der Waals surface area contributed by atoms with Crippen molar-refractivity contribution in [3.05, 3.63) is 43.1 Å². The van der Waals surface area contributed by atoms with E-state index < -0.39 is 47.3 Å².